The Balaban J connectivity index is 1.40. The molecule has 3 aromatic carbocycles. The molecule has 0 aromatic heterocycles. The quantitative estimate of drug-likeness (QED) is 0.299. The van der Waals surface area contributed by atoms with Crippen LogP contribution in [0.2, 0.25) is 0 Å². The van der Waals surface area contributed by atoms with E-state index in [4.69, 9.17) is 29.4 Å². The van der Waals surface area contributed by atoms with Crippen LogP contribution in [0.15, 0.2) is 72.8 Å². The number of benzene rings is 3. The molecule has 2 fully saturated rings. The Morgan fingerprint density at radius 1 is 0.884 bits per heavy atom. The van der Waals surface area contributed by atoms with Crippen LogP contribution in [0.3, 0.4) is 0 Å². The highest BCUT2D eigenvalue weighted by Crippen LogP contribution is 2.40. The highest BCUT2D eigenvalue weighted by molar-refractivity contribution is 5.34. The van der Waals surface area contributed by atoms with Gasteiger partial charge < -0.3 is 29.4 Å². The third-order valence-electron chi connectivity index (χ3n) is 7.24. The molecule has 2 aliphatic heterocycles. The zero-order valence-corrected chi connectivity index (χ0v) is 22.6. The molecule has 2 aliphatic rings. The molecule has 5 rings (SSSR count). The first-order valence-electron chi connectivity index (χ1n) is 13.3. The molecule has 0 radical (unpaired) electrons. The monoisotopic (exact) mass is 615 g/mol. The van der Waals surface area contributed by atoms with Crippen LogP contribution in [0.1, 0.15) is 47.1 Å². The van der Waals surface area contributed by atoms with Crippen molar-refractivity contribution in [3.05, 3.63) is 106 Å². The van der Waals surface area contributed by atoms with Crippen LogP contribution >= 0.6 is 0 Å². The Hall–Kier alpha value is -3.07. The second-order valence-electron chi connectivity index (χ2n) is 10.3. The van der Waals surface area contributed by atoms with Crippen molar-refractivity contribution in [1.29, 1.82) is 0 Å². The predicted molar refractivity (Wildman–Crippen MR) is 138 cm³/mol. The third kappa shape index (κ3) is 7.36. The SMILES string of the molecule is C[C@@H](O[C@H]1O[C@@H]2CO[C@@H](c3ccccc3)O[C@H]2[C@H](N)[C@H]1OCc1ccc(F)cc1)c1cc(C(F)(F)F)cc(C(F)(F)F)c1. The topological polar surface area (TPSA) is 72.2 Å². The van der Waals surface area contributed by atoms with Gasteiger partial charge in [0.15, 0.2) is 12.6 Å². The van der Waals surface area contributed by atoms with Crippen LogP contribution in [0.25, 0.3) is 0 Å². The molecule has 13 heteroatoms. The fraction of sp³-hybridized carbons (Fsp3) is 0.400. The van der Waals surface area contributed by atoms with Gasteiger partial charge >= 0.3 is 12.4 Å². The summed E-state index contributed by atoms with van der Waals surface area (Å²) >= 11 is 0. The van der Waals surface area contributed by atoms with Crippen molar-refractivity contribution in [2.75, 3.05) is 6.61 Å². The molecule has 0 amide bonds. The first kappa shape index (κ1) is 31.4. The molecule has 2 heterocycles. The number of fused-ring (bicyclic) bond motifs is 1. The maximum absolute atomic E-state index is 13.5. The largest absolute Gasteiger partial charge is 0.416 e. The van der Waals surface area contributed by atoms with Gasteiger partial charge in [-0.1, -0.05) is 42.5 Å². The van der Waals surface area contributed by atoms with E-state index in [2.05, 4.69) is 0 Å². The molecule has 7 atom stereocenters. The van der Waals surface area contributed by atoms with Crippen molar-refractivity contribution in [2.45, 2.75) is 68.9 Å². The highest BCUT2D eigenvalue weighted by atomic mass is 19.4. The lowest BCUT2D eigenvalue weighted by Crippen LogP contribution is -2.66. The molecule has 0 saturated carbocycles. The highest BCUT2D eigenvalue weighted by Gasteiger charge is 2.50. The van der Waals surface area contributed by atoms with Crippen LogP contribution in [-0.4, -0.2) is 37.3 Å². The van der Waals surface area contributed by atoms with Crippen molar-refractivity contribution in [2.24, 2.45) is 5.73 Å². The second-order valence-corrected chi connectivity index (χ2v) is 10.3. The zero-order chi connectivity index (χ0) is 30.9. The standard InChI is InChI=1S/C30H28F7NO5/c1-16(19-11-20(29(32,33)34)13-21(12-19)30(35,36)37)41-28-26(39-14-17-7-9-22(31)10-8-17)24(38)25-23(42-28)15-40-27(43-25)18-5-3-2-4-6-18/h2-13,16,23-28H,14-15,38H2,1H3/t16-,23-,24+,25-,26-,27-,28+/m1/s1. The van der Waals surface area contributed by atoms with E-state index in [1.165, 1.54) is 31.2 Å². The van der Waals surface area contributed by atoms with Crippen LogP contribution in [-0.2, 0) is 42.6 Å². The number of alkyl halides is 6. The summed E-state index contributed by atoms with van der Waals surface area (Å²) in [6, 6.07) is 14.8. The van der Waals surface area contributed by atoms with Gasteiger partial charge in [0.05, 0.1) is 36.5 Å². The van der Waals surface area contributed by atoms with E-state index in [1.807, 2.05) is 18.2 Å². The van der Waals surface area contributed by atoms with Crippen molar-refractivity contribution in [3.8, 4) is 0 Å². The van der Waals surface area contributed by atoms with Gasteiger partial charge in [-0.05, 0) is 48.4 Å². The molecule has 232 valence electrons. The van der Waals surface area contributed by atoms with Crippen LogP contribution < -0.4 is 5.73 Å². The maximum atomic E-state index is 13.5. The summed E-state index contributed by atoms with van der Waals surface area (Å²) in [6.45, 7) is 1.24. The number of rotatable bonds is 7. The summed E-state index contributed by atoms with van der Waals surface area (Å²) in [4.78, 5) is 0. The summed E-state index contributed by atoms with van der Waals surface area (Å²) in [6.07, 6.45) is -16.1. The summed E-state index contributed by atoms with van der Waals surface area (Å²) in [7, 11) is 0. The number of hydrogen-bond donors (Lipinski definition) is 1. The fourth-order valence-corrected chi connectivity index (χ4v) is 4.97. The van der Waals surface area contributed by atoms with Gasteiger partial charge in [-0.3, -0.25) is 0 Å². The Kier molecular flexibility index (Phi) is 9.12. The first-order chi connectivity index (χ1) is 20.3. The Labute approximate surface area is 242 Å². The van der Waals surface area contributed by atoms with Crippen LogP contribution in [0, 0.1) is 5.82 Å². The van der Waals surface area contributed by atoms with E-state index in [9.17, 15) is 30.7 Å². The van der Waals surface area contributed by atoms with Gasteiger partial charge in [0.1, 0.15) is 24.1 Å². The molecule has 2 saturated heterocycles. The lowest BCUT2D eigenvalue weighted by Gasteiger charge is -2.48. The minimum atomic E-state index is -5.03. The minimum Gasteiger partial charge on any atom is -0.367 e. The average Bonchev–Trinajstić information content (AvgIpc) is 2.97. The number of hydrogen-bond acceptors (Lipinski definition) is 6. The summed E-state index contributed by atoms with van der Waals surface area (Å²) in [5.41, 5.74) is 4.59. The molecule has 43 heavy (non-hydrogen) atoms. The normalized spacial score (nSPS) is 27.0. The van der Waals surface area contributed by atoms with Gasteiger partial charge in [0.25, 0.3) is 0 Å². The molecule has 0 bridgehead atoms. The zero-order valence-electron chi connectivity index (χ0n) is 22.6. The van der Waals surface area contributed by atoms with Crippen molar-refractivity contribution >= 4 is 0 Å². The summed E-state index contributed by atoms with van der Waals surface area (Å²) < 4.78 is 124. The van der Waals surface area contributed by atoms with Gasteiger partial charge in [-0.25, -0.2) is 4.39 Å². The van der Waals surface area contributed by atoms with Gasteiger partial charge in [-0.15, -0.1) is 0 Å². The van der Waals surface area contributed by atoms with Crippen LogP contribution in [0.5, 0.6) is 0 Å². The summed E-state index contributed by atoms with van der Waals surface area (Å²) in [5.74, 6) is -0.457. The van der Waals surface area contributed by atoms with Crippen LogP contribution in [0.4, 0.5) is 30.7 Å². The molecule has 0 aliphatic carbocycles. The maximum Gasteiger partial charge on any atom is 0.416 e. The molecule has 0 spiro atoms. The van der Waals surface area contributed by atoms with E-state index < -0.39 is 72.3 Å². The molecule has 6 nitrogen and oxygen atoms in total. The van der Waals surface area contributed by atoms with Gasteiger partial charge in [0.2, 0.25) is 0 Å². The predicted octanol–water partition coefficient (Wildman–Crippen LogP) is 6.69. The van der Waals surface area contributed by atoms with Crippen molar-refractivity contribution in [1.82, 2.24) is 0 Å². The molecule has 3 aromatic rings. The van der Waals surface area contributed by atoms with E-state index in [-0.39, 0.29) is 24.8 Å². The molecule has 0 unspecified atom stereocenters. The molecular weight excluding hydrogens is 587 g/mol. The first-order valence-corrected chi connectivity index (χ1v) is 13.3. The van der Waals surface area contributed by atoms with Gasteiger partial charge in [-0.2, -0.15) is 26.3 Å². The van der Waals surface area contributed by atoms with E-state index in [1.54, 1.807) is 12.1 Å². The second kappa shape index (κ2) is 12.5. The summed E-state index contributed by atoms with van der Waals surface area (Å²) in [5, 5.41) is 0. The number of nitrogens with two attached hydrogens (primary N) is 1. The number of halogens is 7. The lowest BCUT2D eigenvalue weighted by atomic mass is 9.95. The molecular formula is C30H28F7NO5. The van der Waals surface area contributed by atoms with Crippen molar-refractivity contribution in [3.63, 3.8) is 0 Å². The fourth-order valence-electron chi connectivity index (χ4n) is 4.97. The minimum absolute atomic E-state index is 0.0125. The molecule has 2 N–H and O–H groups in total. The lowest BCUT2D eigenvalue weighted by molar-refractivity contribution is -0.352. The van der Waals surface area contributed by atoms with E-state index in [0.29, 0.717) is 17.7 Å². The number of ether oxygens (including phenoxy) is 5. The Morgan fingerprint density at radius 3 is 2.12 bits per heavy atom. The average molecular weight is 616 g/mol. The van der Waals surface area contributed by atoms with Gasteiger partial charge in [0, 0.05) is 5.56 Å². The Morgan fingerprint density at radius 2 is 1.51 bits per heavy atom. The van der Waals surface area contributed by atoms with E-state index in [0.717, 1.165) is 5.56 Å². The van der Waals surface area contributed by atoms with E-state index >= 15 is 0 Å². The third-order valence-corrected chi connectivity index (χ3v) is 7.24. The Bertz CT molecular complexity index is 1340. The smallest absolute Gasteiger partial charge is 0.367 e. The van der Waals surface area contributed by atoms with Crippen molar-refractivity contribution < 1.29 is 54.4 Å².